The van der Waals surface area contributed by atoms with E-state index in [1.54, 1.807) is 19.1 Å². The first-order valence-corrected chi connectivity index (χ1v) is 8.24. The van der Waals surface area contributed by atoms with Gasteiger partial charge in [0, 0.05) is 24.1 Å². The molecule has 0 atom stereocenters. The SMILES string of the molecule is Cc1ccc([N+](=O)[O-])cc1NC(=O)COc1cccc2c1OC(C)(C)C2. The van der Waals surface area contributed by atoms with Gasteiger partial charge in [-0.15, -0.1) is 0 Å². The van der Waals surface area contributed by atoms with Gasteiger partial charge in [-0.05, 0) is 32.4 Å². The Morgan fingerprint density at radius 3 is 2.85 bits per heavy atom. The third kappa shape index (κ3) is 3.77. The molecule has 136 valence electrons. The highest BCUT2D eigenvalue weighted by Gasteiger charge is 2.32. The van der Waals surface area contributed by atoms with Gasteiger partial charge in [0.1, 0.15) is 5.60 Å². The first-order valence-electron chi connectivity index (χ1n) is 8.24. The number of hydrogen-bond acceptors (Lipinski definition) is 5. The zero-order valence-corrected chi connectivity index (χ0v) is 14.9. The van der Waals surface area contributed by atoms with Crippen LogP contribution in [-0.4, -0.2) is 23.0 Å². The lowest BCUT2D eigenvalue weighted by molar-refractivity contribution is -0.384. The number of aryl methyl sites for hydroxylation is 1. The van der Waals surface area contributed by atoms with Gasteiger partial charge in [-0.2, -0.15) is 0 Å². The molecule has 0 saturated carbocycles. The molecule has 0 fully saturated rings. The maximum absolute atomic E-state index is 12.2. The fourth-order valence-corrected chi connectivity index (χ4v) is 2.89. The Morgan fingerprint density at radius 1 is 1.35 bits per heavy atom. The molecule has 0 unspecified atom stereocenters. The molecule has 1 heterocycles. The molecular formula is C19H20N2O5. The van der Waals surface area contributed by atoms with Crippen LogP contribution in [0.25, 0.3) is 0 Å². The van der Waals surface area contributed by atoms with Gasteiger partial charge in [0.05, 0.1) is 10.6 Å². The predicted octanol–water partition coefficient (Wildman–Crippen LogP) is 3.63. The number of nitrogens with zero attached hydrogens (tertiary/aromatic N) is 1. The summed E-state index contributed by atoms with van der Waals surface area (Å²) < 4.78 is 11.5. The summed E-state index contributed by atoms with van der Waals surface area (Å²) in [5.74, 6) is 0.777. The summed E-state index contributed by atoms with van der Waals surface area (Å²) in [7, 11) is 0. The lowest BCUT2D eigenvalue weighted by Crippen LogP contribution is -2.25. The van der Waals surface area contributed by atoms with E-state index in [9.17, 15) is 14.9 Å². The minimum atomic E-state index is -0.502. The van der Waals surface area contributed by atoms with E-state index in [0.717, 1.165) is 17.5 Å². The zero-order chi connectivity index (χ0) is 18.9. The number of fused-ring (bicyclic) bond motifs is 1. The molecule has 1 N–H and O–H groups in total. The lowest BCUT2D eigenvalue weighted by Gasteiger charge is -2.18. The van der Waals surface area contributed by atoms with Gasteiger partial charge >= 0.3 is 0 Å². The summed E-state index contributed by atoms with van der Waals surface area (Å²) in [6.07, 6.45) is 0.776. The van der Waals surface area contributed by atoms with Crippen LogP contribution in [0.1, 0.15) is 25.0 Å². The van der Waals surface area contributed by atoms with Crippen LogP contribution in [0.4, 0.5) is 11.4 Å². The molecule has 0 aliphatic carbocycles. The second kappa shape index (κ2) is 6.67. The van der Waals surface area contributed by atoms with Crippen LogP contribution in [-0.2, 0) is 11.2 Å². The Hall–Kier alpha value is -3.09. The Kier molecular flexibility index (Phi) is 4.54. The number of anilines is 1. The molecule has 1 amide bonds. The van der Waals surface area contributed by atoms with E-state index in [1.165, 1.54) is 12.1 Å². The smallest absolute Gasteiger partial charge is 0.271 e. The van der Waals surface area contributed by atoms with Crippen molar-refractivity contribution in [3.05, 3.63) is 57.6 Å². The van der Waals surface area contributed by atoms with Crippen molar-refractivity contribution in [3.8, 4) is 11.5 Å². The van der Waals surface area contributed by atoms with E-state index in [-0.39, 0.29) is 17.9 Å². The Morgan fingerprint density at radius 2 is 2.12 bits per heavy atom. The summed E-state index contributed by atoms with van der Waals surface area (Å²) >= 11 is 0. The molecule has 1 aliphatic heterocycles. The number of nitro groups is 1. The number of ether oxygens (including phenoxy) is 2. The summed E-state index contributed by atoms with van der Waals surface area (Å²) in [6, 6.07) is 9.92. The van der Waals surface area contributed by atoms with E-state index in [2.05, 4.69) is 5.32 Å². The maximum Gasteiger partial charge on any atom is 0.271 e. The van der Waals surface area contributed by atoms with Crippen molar-refractivity contribution in [3.63, 3.8) is 0 Å². The Labute approximate surface area is 151 Å². The molecule has 26 heavy (non-hydrogen) atoms. The second-order valence-electron chi connectivity index (χ2n) is 6.88. The van der Waals surface area contributed by atoms with Gasteiger partial charge in [0.15, 0.2) is 18.1 Å². The molecule has 1 aliphatic rings. The quantitative estimate of drug-likeness (QED) is 0.652. The average Bonchev–Trinajstić information content (AvgIpc) is 2.89. The van der Waals surface area contributed by atoms with Crippen molar-refractivity contribution in [1.29, 1.82) is 0 Å². The topological polar surface area (TPSA) is 90.7 Å². The maximum atomic E-state index is 12.2. The molecule has 2 aromatic carbocycles. The van der Waals surface area contributed by atoms with Crippen LogP contribution < -0.4 is 14.8 Å². The van der Waals surface area contributed by atoms with Crippen LogP contribution in [0.2, 0.25) is 0 Å². The summed E-state index contributed by atoms with van der Waals surface area (Å²) in [4.78, 5) is 22.6. The van der Waals surface area contributed by atoms with Crippen LogP contribution in [0.15, 0.2) is 36.4 Å². The number of para-hydroxylation sites is 1. The minimum absolute atomic E-state index is 0.0803. The highest BCUT2D eigenvalue weighted by molar-refractivity contribution is 5.93. The number of hydrogen-bond donors (Lipinski definition) is 1. The van der Waals surface area contributed by atoms with E-state index < -0.39 is 10.8 Å². The summed E-state index contributed by atoms with van der Waals surface area (Å²) in [5, 5.41) is 13.5. The van der Waals surface area contributed by atoms with Crippen molar-refractivity contribution in [2.24, 2.45) is 0 Å². The monoisotopic (exact) mass is 356 g/mol. The first-order chi connectivity index (χ1) is 12.2. The third-order valence-corrected chi connectivity index (χ3v) is 4.12. The molecule has 2 aromatic rings. The fraction of sp³-hybridized carbons (Fsp3) is 0.316. The summed E-state index contributed by atoms with van der Waals surface area (Å²) in [5.41, 5.74) is 1.79. The minimum Gasteiger partial charge on any atom is -0.483 e. The molecule has 7 nitrogen and oxygen atoms in total. The molecule has 0 bridgehead atoms. The second-order valence-corrected chi connectivity index (χ2v) is 6.88. The van der Waals surface area contributed by atoms with E-state index in [0.29, 0.717) is 17.2 Å². The van der Waals surface area contributed by atoms with E-state index in [1.807, 2.05) is 26.0 Å². The number of carbonyl (C=O) groups excluding carboxylic acids is 1. The van der Waals surface area contributed by atoms with Crippen LogP contribution >= 0.6 is 0 Å². The first kappa shape index (κ1) is 17.7. The van der Waals surface area contributed by atoms with Gasteiger partial charge in [0.2, 0.25) is 0 Å². The Bertz CT molecular complexity index is 876. The number of nitro benzene ring substituents is 1. The number of benzene rings is 2. The van der Waals surface area contributed by atoms with Crippen molar-refractivity contribution < 1.29 is 19.2 Å². The highest BCUT2D eigenvalue weighted by atomic mass is 16.6. The highest BCUT2D eigenvalue weighted by Crippen LogP contribution is 2.41. The van der Waals surface area contributed by atoms with Gasteiger partial charge < -0.3 is 14.8 Å². The number of nitrogens with one attached hydrogen (secondary N) is 1. The molecule has 0 spiro atoms. The molecule has 0 radical (unpaired) electrons. The van der Waals surface area contributed by atoms with Gasteiger partial charge in [-0.3, -0.25) is 14.9 Å². The van der Waals surface area contributed by atoms with Gasteiger partial charge in [-0.25, -0.2) is 0 Å². The van der Waals surface area contributed by atoms with E-state index >= 15 is 0 Å². The predicted molar refractivity (Wildman–Crippen MR) is 96.8 cm³/mol. The van der Waals surface area contributed by atoms with Crippen molar-refractivity contribution >= 4 is 17.3 Å². The lowest BCUT2D eigenvalue weighted by atomic mass is 10.0. The summed E-state index contributed by atoms with van der Waals surface area (Å²) in [6.45, 7) is 5.53. The van der Waals surface area contributed by atoms with Gasteiger partial charge in [0.25, 0.3) is 11.6 Å². The molecule has 3 rings (SSSR count). The average molecular weight is 356 g/mol. The van der Waals surface area contributed by atoms with Crippen molar-refractivity contribution in [2.45, 2.75) is 32.8 Å². The van der Waals surface area contributed by atoms with E-state index in [4.69, 9.17) is 9.47 Å². The van der Waals surface area contributed by atoms with Crippen LogP contribution in [0.5, 0.6) is 11.5 Å². The largest absolute Gasteiger partial charge is 0.483 e. The number of non-ortho nitro benzene ring substituents is 1. The molecular weight excluding hydrogens is 336 g/mol. The normalized spacial score (nSPS) is 14.3. The molecule has 7 heteroatoms. The van der Waals surface area contributed by atoms with Crippen LogP contribution in [0.3, 0.4) is 0 Å². The molecule has 0 aromatic heterocycles. The zero-order valence-electron chi connectivity index (χ0n) is 14.9. The van der Waals surface area contributed by atoms with Gasteiger partial charge in [-0.1, -0.05) is 18.2 Å². The molecule has 0 saturated heterocycles. The number of carbonyl (C=O) groups is 1. The Balaban J connectivity index is 1.67. The fourth-order valence-electron chi connectivity index (χ4n) is 2.89. The standard InChI is InChI=1S/C19H20N2O5/c1-12-7-8-14(21(23)24)9-15(12)20-17(22)11-25-16-6-4-5-13-10-19(2,3)26-18(13)16/h4-9H,10-11H2,1-3H3,(H,20,22). The van der Waals surface area contributed by atoms with Crippen molar-refractivity contribution in [1.82, 2.24) is 0 Å². The van der Waals surface area contributed by atoms with Crippen molar-refractivity contribution in [2.75, 3.05) is 11.9 Å². The number of amides is 1. The third-order valence-electron chi connectivity index (χ3n) is 4.12. The number of rotatable bonds is 5. The van der Waals surface area contributed by atoms with Crippen LogP contribution in [0, 0.1) is 17.0 Å².